The van der Waals surface area contributed by atoms with Gasteiger partial charge in [0.25, 0.3) is 0 Å². The van der Waals surface area contributed by atoms with Gasteiger partial charge < -0.3 is 4.74 Å². The van der Waals surface area contributed by atoms with Gasteiger partial charge in [-0.15, -0.1) is 11.8 Å². The predicted octanol–water partition coefficient (Wildman–Crippen LogP) is 3.36. The molecule has 5 heteroatoms. The maximum Gasteiger partial charge on any atom is 0.189 e. The van der Waals surface area contributed by atoms with E-state index in [4.69, 9.17) is 4.74 Å². The van der Waals surface area contributed by atoms with E-state index >= 15 is 0 Å². The lowest BCUT2D eigenvalue weighted by molar-refractivity contribution is 0.104. The van der Waals surface area contributed by atoms with Crippen molar-refractivity contribution in [3.8, 4) is 5.75 Å². The molecule has 0 bridgehead atoms. The van der Waals surface area contributed by atoms with E-state index in [0.717, 1.165) is 21.9 Å². The molecule has 4 nitrogen and oxygen atoms in total. The van der Waals surface area contributed by atoms with Crippen molar-refractivity contribution >= 4 is 23.6 Å². The number of hydrogen-bond acceptors (Lipinski definition) is 4. The van der Waals surface area contributed by atoms with Gasteiger partial charge in [-0.3, -0.25) is 9.48 Å². The van der Waals surface area contributed by atoms with Crippen molar-refractivity contribution in [2.75, 3.05) is 13.4 Å². The third-order valence-electron chi connectivity index (χ3n) is 3.11. The zero-order valence-electron chi connectivity index (χ0n) is 12.6. The Labute approximate surface area is 128 Å². The van der Waals surface area contributed by atoms with Crippen LogP contribution in [0.2, 0.25) is 0 Å². The monoisotopic (exact) mass is 302 g/mol. The van der Waals surface area contributed by atoms with E-state index in [2.05, 4.69) is 5.10 Å². The Morgan fingerprint density at radius 2 is 2.19 bits per heavy atom. The molecule has 0 unspecified atom stereocenters. The highest BCUT2D eigenvalue weighted by Crippen LogP contribution is 2.28. The zero-order chi connectivity index (χ0) is 15.4. The van der Waals surface area contributed by atoms with Crippen LogP contribution in [-0.2, 0) is 7.05 Å². The summed E-state index contributed by atoms with van der Waals surface area (Å²) in [6.07, 6.45) is 7.10. The minimum atomic E-state index is -0.0477. The maximum atomic E-state index is 12.2. The number of hydrogen-bond donors (Lipinski definition) is 0. The number of rotatable bonds is 5. The molecular weight excluding hydrogens is 284 g/mol. The molecule has 0 fully saturated rings. The standard InChI is InChI=1S/C16H18N2O2S/c1-11-13(10-18(2)17-11)14(19)7-5-12-6-8-16(21-4)15(9-12)20-3/h5-10H,1-4H3/b7-5-. The van der Waals surface area contributed by atoms with Crippen LogP contribution >= 0.6 is 11.8 Å². The number of carbonyl (C=O) groups excluding carboxylic acids is 1. The number of carbonyl (C=O) groups is 1. The minimum absolute atomic E-state index is 0.0477. The van der Waals surface area contributed by atoms with Crippen molar-refractivity contribution in [2.24, 2.45) is 7.05 Å². The van der Waals surface area contributed by atoms with Crippen LogP contribution in [-0.4, -0.2) is 28.9 Å². The highest BCUT2D eigenvalue weighted by Gasteiger charge is 2.09. The normalized spacial score (nSPS) is 11.0. The molecule has 0 radical (unpaired) electrons. The second-order valence-electron chi connectivity index (χ2n) is 4.61. The number of ether oxygens (including phenoxy) is 1. The molecule has 2 rings (SSSR count). The van der Waals surface area contributed by atoms with Crippen LogP contribution in [0.3, 0.4) is 0 Å². The van der Waals surface area contributed by atoms with Gasteiger partial charge in [-0.25, -0.2) is 0 Å². The molecular formula is C16H18N2O2S. The Kier molecular flexibility index (Phi) is 4.85. The molecule has 1 aromatic heterocycles. The summed E-state index contributed by atoms with van der Waals surface area (Å²) < 4.78 is 6.98. The molecule has 21 heavy (non-hydrogen) atoms. The van der Waals surface area contributed by atoms with Gasteiger partial charge in [0.05, 0.1) is 18.4 Å². The Morgan fingerprint density at radius 3 is 2.76 bits per heavy atom. The third kappa shape index (κ3) is 3.55. The SMILES string of the molecule is COc1cc(/C=C\C(=O)c2cn(C)nc2C)ccc1SC. The maximum absolute atomic E-state index is 12.2. The number of methoxy groups -OCH3 is 1. The quantitative estimate of drug-likeness (QED) is 0.482. The summed E-state index contributed by atoms with van der Waals surface area (Å²) in [4.78, 5) is 13.2. The third-order valence-corrected chi connectivity index (χ3v) is 3.89. The number of ketones is 1. The number of thioether (sulfide) groups is 1. The van der Waals surface area contributed by atoms with Gasteiger partial charge in [0.1, 0.15) is 5.75 Å². The molecule has 0 N–H and O–H groups in total. The lowest BCUT2D eigenvalue weighted by Gasteiger charge is -2.06. The fourth-order valence-corrected chi connectivity index (χ4v) is 2.61. The summed E-state index contributed by atoms with van der Waals surface area (Å²) >= 11 is 1.63. The molecule has 0 amide bonds. The molecule has 1 heterocycles. The largest absolute Gasteiger partial charge is 0.496 e. The lowest BCUT2D eigenvalue weighted by Crippen LogP contribution is -1.94. The predicted molar refractivity (Wildman–Crippen MR) is 86.1 cm³/mol. The number of allylic oxidation sites excluding steroid dienone is 1. The van der Waals surface area contributed by atoms with Crippen LogP contribution < -0.4 is 4.74 Å². The molecule has 0 aliphatic carbocycles. The van der Waals surface area contributed by atoms with E-state index < -0.39 is 0 Å². The molecule has 0 atom stereocenters. The molecule has 0 aliphatic rings. The Morgan fingerprint density at radius 1 is 1.43 bits per heavy atom. The van der Waals surface area contributed by atoms with Crippen molar-refractivity contribution in [1.29, 1.82) is 0 Å². The first-order valence-corrected chi connectivity index (χ1v) is 7.72. The lowest BCUT2D eigenvalue weighted by atomic mass is 10.1. The summed E-state index contributed by atoms with van der Waals surface area (Å²) in [6.45, 7) is 1.83. The fraction of sp³-hybridized carbons (Fsp3) is 0.250. The summed E-state index contributed by atoms with van der Waals surface area (Å²) in [7, 11) is 3.45. The molecule has 0 spiro atoms. The van der Waals surface area contributed by atoms with Gasteiger partial charge in [0, 0.05) is 18.1 Å². The van der Waals surface area contributed by atoms with Crippen molar-refractivity contribution < 1.29 is 9.53 Å². The molecule has 1 aromatic carbocycles. The summed E-state index contributed by atoms with van der Waals surface area (Å²) in [5.41, 5.74) is 2.29. The van der Waals surface area contributed by atoms with Gasteiger partial charge in [0.2, 0.25) is 0 Å². The number of benzene rings is 1. The fourth-order valence-electron chi connectivity index (χ4n) is 2.06. The molecule has 0 saturated heterocycles. The van der Waals surface area contributed by atoms with Crippen LogP contribution in [0.4, 0.5) is 0 Å². The average molecular weight is 302 g/mol. The topological polar surface area (TPSA) is 44.1 Å². The van der Waals surface area contributed by atoms with Gasteiger partial charge in [0.15, 0.2) is 5.78 Å². The number of aryl methyl sites for hydroxylation is 2. The first-order valence-electron chi connectivity index (χ1n) is 6.50. The molecule has 2 aromatic rings. The summed E-state index contributed by atoms with van der Waals surface area (Å²) in [6, 6.07) is 5.88. The van der Waals surface area contributed by atoms with Crippen LogP contribution in [0, 0.1) is 6.92 Å². The highest BCUT2D eigenvalue weighted by atomic mass is 32.2. The van der Waals surface area contributed by atoms with Crippen LogP contribution in [0.5, 0.6) is 5.75 Å². The number of aromatic nitrogens is 2. The van der Waals surface area contributed by atoms with Gasteiger partial charge in [-0.2, -0.15) is 5.10 Å². The van der Waals surface area contributed by atoms with E-state index in [9.17, 15) is 4.79 Å². The minimum Gasteiger partial charge on any atom is -0.496 e. The molecule has 0 aliphatic heterocycles. The highest BCUT2D eigenvalue weighted by molar-refractivity contribution is 7.98. The smallest absolute Gasteiger partial charge is 0.189 e. The van der Waals surface area contributed by atoms with Crippen molar-refractivity contribution in [2.45, 2.75) is 11.8 Å². The van der Waals surface area contributed by atoms with Crippen molar-refractivity contribution in [3.63, 3.8) is 0 Å². The van der Waals surface area contributed by atoms with Crippen LogP contribution in [0.25, 0.3) is 6.08 Å². The number of nitrogens with zero attached hydrogens (tertiary/aromatic N) is 2. The first kappa shape index (κ1) is 15.4. The Hall–Kier alpha value is -2.01. The second-order valence-corrected chi connectivity index (χ2v) is 5.46. The van der Waals surface area contributed by atoms with Gasteiger partial charge in [-0.05, 0) is 37.0 Å². The van der Waals surface area contributed by atoms with Gasteiger partial charge >= 0.3 is 0 Å². The summed E-state index contributed by atoms with van der Waals surface area (Å²) in [5, 5.41) is 4.18. The van der Waals surface area contributed by atoms with E-state index in [1.54, 1.807) is 49.0 Å². The van der Waals surface area contributed by atoms with E-state index in [1.165, 1.54) is 0 Å². The van der Waals surface area contributed by atoms with E-state index in [0.29, 0.717) is 5.56 Å². The second kappa shape index (κ2) is 6.63. The first-order chi connectivity index (χ1) is 10.0. The average Bonchev–Trinajstić information content (AvgIpc) is 2.83. The van der Waals surface area contributed by atoms with Gasteiger partial charge in [-0.1, -0.05) is 12.1 Å². The molecule has 110 valence electrons. The Bertz CT molecular complexity index is 690. The van der Waals surface area contributed by atoms with Crippen LogP contribution in [0.15, 0.2) is 35.4 Å². The van der Waals surface area contributed by atoms with E-state index in [1.807, 2.05) is 31.4 Å². The Balaban J connectivity index is 2.21. The van der Waals surface area contributed by atoms with E-state index in [-0.39, 0.29) is 5.78 Å². The molecule has 0 saturated carbocycles. The zero-order valence-corrected chi connectivity index (χ0v) is 13.4. The van der Waals surface area contributed by atoms with Crippen LogP contribution in [0.1, 0.15) is 21.6 Å². The summed E-state index contributed by atoms with van der Waals surface area (Å²) in [5.74, 6) is 0.767. The van der Waals surface area contributed by atoms with Crippen molar-refractivity contribution in [1.82, 2.24) is 9.78 Å². The van der Waals surface area contributed by atoms with Crippen molar-refractivity contribution in [3.05, 3.63) is 47.3 Å².